The molecule has 0 aliphatic carbocycles. The van der Waals surface area contributed by atoms with Gasteiger partial charge < -0.3 is 14.5 Å². The summed E-state index contributed by atoms with van der Waals surface area (Å²) >= 11 is 0. The van der Waals surface area contributed by atoms with Crippen molar-refractivity contribution in [3.8, 4) is 0 Å². The van der Waals surface area contributed by atoms with Crippen molar-refractivity contribution in [1.82, 2.24) is 9.80 Å². The number of unbranched alkanes of at least 4 members (excludes halogenated alkanes) is 13. The summed E-state index contributed by atoms with van der Waals surface area (Å²) in [6, 6.07) is -0.0282. The highest BCUT2D eigenvalue weighted by atomic mass is 16.5. The molecule has 0 aromatic heterocycles. The number of carbonyl (C=O) groups excluding carboxylic acids is 2. The summed E-state index contributed by atoms with van der Waals surface area (Å²) in [4.78, 5) is 29.6. The van der Waals surface area contributed by atoms with Crippen LogP contribution in [0.2, 0.25) is 0 Å². The summed E-state index contributed by atoms with van der Waals surface area (Å²) in [7, 11) is 5.54. The first-order valence-corrected chi connectivity index (χ1v) is 14.5. The Morgan fingerprint density at radius 1 is 0.676 bits per heavy atom. The van der Waals surface area contributed by atoms with Crippen LogP contribution < -0.4 is 0 Å². The van der Waals surface area contributed by atoms with Crippen LogP contribution in [0.3, 0.4) is 0 Å². The van der Waals surface area contributed by atoms with Gasteiger partial charge in [0.05, 0.1) is 13.5 Å². The lowest BCUT2D eigenvalue weighted by Gasteiger charge is -2.32. The second-order valence-electron chi connectivity index (χ2n) is 10.3. The number of methoxy groups -OCH3 is 1. The zero-order valence-corrected chi connectivity index (χ0v) is 23.5. The van der Waals surface area contributed by atoms with Gasteiger partial charge in [0, 0.05) is 19.0 Å². The Hall–Kier alpha value is -1.10. The maximum absolute atomic E-state index is 13.2. The van der Waals surface area contributed by atoms with Crippen molar-refractivity contribution in [3.63, 3.8) is 0 Å². The van der Waals surface area contributed by atoms with Crippen LogP contribution in [0.25, 0.3) is 0 Å². The molecule has 0 aromatic rings. The van der Waals surface area contributed by atoms with Crippen LogP contribution >= 0.6 is 0 Å². The lowest BCUT2D eigenvalue weighted by atomic mass is 10.0. The standard InChI is InChI=1S/C29H58N2O3/c1-6-8-10-12-14-16-18-20-25-31(28(32)23-21-24-30(3)4)27(26-29(33)34-5)22-19-17-15-13-11-9-7-2/h27H,6-26H2,1-5H3. The summed E-state index contributed by atoms with van der Waals surface area (Å²) in [5, 5.41) is 0. The van der Waals surface area contributed by atoms with E-state index in [1.54, 1.807) is 0 Å². The first-order valence-electron chi connectivity index (χ1n) is 14.5. The fourth-order valence-electron chi connectivity index (χ4n) is 4.60. The number of nitrogens with zero attached hydrogens (tertiary/aromatic N) is 2. The van der Waals surface area contributed by atoms with Gasteiger partial charge in [-0.15, -0.1) is 0 Å². The van der Waals surface area contributed by atoms with Gasteiger partial charge in [0.15, 0.2) is 0 Å². The predicted octanol–water partition coefficient (Wildman–Crippen LogP) is 7.37. The number of hydrogen-bond acceptors (Lipinski definition) is 4. The SMILES string of the molecule is CCCCCCCCCCN(C(=O)CCCN(C)C)C(CCCCCCCCC)CC(=O)OC. The van der Waals surface area contributed by atoms with Crippen LogP contribution in [0.5, 0.6) is 0 Å². The molecule has 0 saturated heterocycles. The number of rotatable bonds is 24. The van der Waals surface area contributed by atoms with E-state index < -0.39 is 0 Å². The van der Waals surface area contributed by atoms with E-state index in [4.69, 9.17) is 4.74 Å². The van der Waals surface area contributed by atoms with E-state index >= 15 is 0 Å². The van der Waals surface area contributed by atoms with Gasteiger partial charge in [0.25, 0.3) is 0 Å². The van der Waals surface area contributed by atoms with E-state index in [0.29, 0.717) is 12.8 Å². The highest BCUT2D eigenvalue weighted by Crippen LogP contribution is 2.19. The van der Waals surface area contributed by atoms with E-state index in [1.807, 2.05) is 19.0 Å². The minimum atomic E-state index is -0.199. The van der Waals surface area contributed by atoms with Crippen LogP contribution in [0.1, 0.15) is 136 Å². The van der Waals surface area contributed by atoms with Crippen molar-refractivity contribution in [2.24, 2.45) is 0 Å². The molecular formula is C29H58N2O3. The molecule has 0 N–H and O–H groups in total. The van der Waals surface area contributed by atoms with E-state index in [1.165, 1.54) is 84.2 Å². The molecule has 0 aromatic carbocycles. The van der Waals surface area contributed by atoms with E-state index in [-0.39, 0.29) is 17.9 Å². The topological polar surface area (TPSA) is 49.9 Å². The minimum absolute atomic E-state index is 0.0282. The smallest absolute Gasteiger partial charge is 0.307 e. The zero-order valence-electron chi connectivity index (χ0n) is 23.5. The highest BCUT2D eigenvalue weighted by molar-refractivity contribution is 5.78. The van der Waals surface area contributed by atoms with Crippen molar-refractivity contribution in [2.45, 2.75) is 142 Å². The lowest BCUT2D eigenvalue weighted by Crippen LogP contribution is -2.42. The Balaban J connectivity index is 4.84. The second-order valence-corrected chi connectivity index (χ2v) is 10.3. The van der Waals surface area contributed by atoms with E-state index in [0.717, 1.165) is 45.2 Å². The molecule has 0 spiro atoms. The lowest BCUT2D eigenvalue weighted by molar-refractivity contribution is -0.144. The summed E-state index contributed by atoms with van der Waals surface area (Å²) in [5.74, 6) is 0.0107. The molecule has 1 amide bonds. The minimum Gasteiger partial charge on any atom is -0.469 e. The molecule has 5 nitrogen and oxygen atoms in total. The van der Waals surface area contributed by atoms with Gasteiger partial charge >= 0.3 is 5.97 Å². The molecular weight excluding hydrogens is 424 g/mol. The third-order valence-electron chi connectivity index (χ3n) is 6.78. The number of carbonyl (C=O) groups is 2. The first-order chi connectivity index (χ1) is 16.5. The average molecular weight is 483 g/mol. The monoisotopic (exact) mass is 482 g/mol. The number of esters is 1. The molecule has 0 aliphatic rings. The molecule has 5 heteroatoms. The van der Waals surface area contributed by atoms with Gasteiger partial charge in [-0.25, -0.2) is 0 Å². The number of ether oxygens (including phenoxy) is 1. The van der Waals surface area contributed by atoms with Crippen LogP contribution in [0.4, 0.5) is 0 Å². The molecule has 0 bridgehead atoms. The first kappa shape index (κ1) is 32.9. The van der Waals surface area contributed by atoms with Crippen LogP contribution in [0.15, 0.2) is 0 Å². The van der Waals surface area contributed by atoms with Gasteiger partial charge in [-0.2, -0.15) is 0 Å². The van der Waals surface area contributed by atoms with Gasteiger partial charge in [0.1, 0.15) is 0 Å². The molecule has 1 unspecified atom stereocenters. The van der Waals surface area contributed by atoms with Crippen molar-refractivity contribution >= 4 is 11.9 Å². The van der Waals surface area contributed by atoms with Gasteiger partial charge in [-0.3, -0.25) is 9.59 Å². The molecule has 34 heavy (non-hydrogen) atoms. The summed E-state index contributed by atoms with van der Waals surface area (Å²) in [5.41, 5.74) is 0. The Kier molecular flexibility index (Phi) is 22.9. The third-order valence-corrected chi connectivity index (χ3v) is 6.78. The molecule has 0 saturated carbocycles. The third kappa shape index (κ3) is 19.2. The average Bonchev–Trinajstić information content (AvgIpc) is 2.81. The van der Waals surface area contributed by atoms with Gasteiger partial charge in [-0.05, 0) is 39.9 Å². The molecule has 1 atom stereocenters. The predicted molar refractivity (Wildman–Crippen MR) is 145 cm³/mol. The molecule has 0 radical (unpaired) electrons. The molecule has 0 rings (SSSR count). The fourth-order valence-corrected chi connectivity index (χ4v) is 4.60. The Bertz CT molecular complexity index is 482. The number of amides is 1. The van der Waals surface area contributed by atoms with Crippen molar-refractivity contribution < 1.29 is 14.3 Å². The largest absolute Gasteiger partial charge is 0.469 e. The molecule has 202 valence electrons. The van der Waals surface area contributed by atoms with Crippen LogP contribution in [-0.4, -0.2) is 62.0 Å². The normalized spacial score (nSPS) is 12.2. The van der Waals surface area contributed by atoms with Crippen molar-refractivity contribution in [3.05, 3.63) is 0 Å². The van der Waals surface area contributed by atoms with Crippen molar-refractivity contribution in [1.29, 1.82) is 0 Å². The fraction of sp³-hybridized carbons (Fsp3) is 0.931. The van der Waals surface area contributed by atoms with E-state index in [2.05, 4.69) is 18.7 Å². The van der Waals surface area contributed by atoms with Gasteiger partial charge in [-0.1, -0.05) is 104 Å². The van der Waals surface area contributed by atoms with Gasteiger partial charge in [0.2, 0.25) is 5.91 Å². The highest BCUT2D eigenvalue weighted by Gasteiger charge is 2.25. The Labute approximate surface area is 212 Å². The molecule has 0 aliphatic heterocycles. The number of hydrogen-bond donors (Lipinski definition) is 0. The van der Waals surface area contributed by atoms with Crippen molar-refractivity contribution in [2.75, 3.05) is 34.3 Å². The zero-order chi connectivity index (χ0) is 25.4. The Morgan fingerprint density at radius 3 is 1.68 bits per heavy atom. The molecule has 0 fully saturated rings. The van der Waals surface area contributed by atoms with Crippen LogP contribution in [-0.2, 0) is 14.3 Å². The maximum Gasteiger partial charge on any atom is 0.307 e. The quantitative estimate of drug-likeness (QED) is 0.106. The summed E-state index contributed by atoms with van der Waals surface area (Å²) in [6.45, 7) is 6.18. The van der Waals surface area contributed by atoms with Crippen LogP contribution in [0, 0.1) is 0 Å². The maximum atomic E-state index is 13.2. The second kappa shape index (κ2) is 23.6. The summed E-state index contributed by atoms with van der Waals surface area (Å²) < 4.78 is 5.00. The molecule has 0 heterocycles. The Morgan fingerprint density at radius 2 is 1.18 bits per heavy atom. The van der Waals surface area contributed by atoms with E-state index in [9.17, 15) is 9.59 Å². The summed E-state index contributed by atoms with van der Waals surface area (Å²) in [6.07, 6.45) is 21.4.